The minimum atomic E-state index is -5.01. The van der Waals surface area contributed by atoms with Crippen molar-refractivity contribution in [2.24, 2.45) is 0 Å². The number of hydrogen-bond acceptors (Lipinski definition) is 16. The molecular weight excluding hydrogens is 658 g/mol. The molecule has 0 spiro atoms. The van der Waals surface area contributed by atoms with Gasteiger partial charge in [0, 0.05) is 12.4 Å². The Balaban J connectivity index is 1.13. The average Bonchev–Trinajstić information content (AvgIpc) is 3.82. The fraction of sp³-hybridized carbons (Fsp3) is 0.455. The van der Waals surface area contributed by atoms with Gasteiger partial charge in [0.05, 0.1) is 38.5 Å². The molecule has 0 radical (unpaired) electrons. The number of phosphoric ester groups is 2. The van der Waals surface area contributed by atoms with Crippen LogP contribution in [0.2, 0.25) is 0 Å². The summed E-state index contributed by atoms with van der Waals surface area (Å²) in [6.07, 6.45) is -1.90. The second-order valence-corrected chi connectivity index (χ2v) is 13.5. The maximum atomic E-state index is 13.3. The number of ether oxygens (including phenoxy) is 2. The van der Waals surface area contributed by atoms with Crippen molar-refractivity contribution in [2.45, 2.75) is 42.8 Å². The largest absolute Gasteiger partial charge is 0.472 e. The average molecular weight is 682 g/mol. The third-order valence-electron chi connectivity index (χ3n) is 7.95. The predicted molar refractivity (Wildman–Crippen MR) is 149 cm³/mol. The van der Waals surface area contributed by atoms with Crippen LogP contribution >= 0.6 is 15.6 Å². The highest BCUT2D eigenvalue weighted by molar-refractivity contribution is 7.47. The van der Waals surface area contributed by atoms with Crippen LogP contribution in [0.5, 0.6) is 0 Å². The molecule has 24 heteroatoms. The van der Waals surface area contributed by atoms with Crippen molar-refractivity contribution in [1.29, 1.82) is 0 Å². The van der Waals surface area contributed by atoms with Gasteiger partial charge in [-0.15, -0.1) is 0 Å². The Morgan fingerprint density at radius 1 is 0.913 bits per heavy atom. The number of aliphatic hydroxyl groups is 1. The van der Waals surface area contributed by atoms with Crippen molar-refractivity contribution in [2.75, 3.05) is 25.6 Å². The molecule has 6 N–H and O–H groups in total. The van der Waals surface area contributed by atoms with Crippen LogP contribution in [0, 0.1) is 0 Å². The van der Waals surface area contributed by atoms with Crippen LogP contribution in [-0.4, -0.2) is 109 Å². The van der Waals surface area contributed by atoms with Crippen molar-refractivity contribution in [3.63, 3.8) is 0 Å². The van der Waals surface area contributed by atoms with Gasteiger partial charge in [-0.1, -0.05) is 0 Å². The summed E-state index contributed by atoms with van der Waals surface area (Å²) in [4.78, 5) is 57.3. The van der Waals surface area contributed by atoms with Gasteiger partial charge in [-0.3, -0.25) is 36.8 Å². The Bertz CT molecular complexity index is 2130. The van der Waals surface area contributed by atoms with E-state index in [2.05, 4.69) is 29.9 Å². The van der Waals surface area contributed by atoms with Gasteiger partial charge >= 0.3 is 15.6 Å². The number of H-pyrrole nitrogens is 1. The van der Waals surface area contributed by atoms with Gasteiger partial charge in [0.25, 0.3) is 5.56 Å². The zero-order chi connectivity index (χ0) is 32.0. The first-order chi connectivity index (χ1) is 22.0. The molecule has 3 saturated heterocycles. The highest BCUT2D eigenvalue weighted by Gasteiger charge is 2.52. The number of aromatic nitrogens is 9. The van der Waals surface area contributed by atoms with E-state index in [0.717, 1.165) is 0 Å². The summed E-state index contributed by atoms with van der Waals surface area (Å²) >= 11 is 0. The third kappa shape index (κ3) is 4.86. The van der Waals surface area contributed by atoms with Crippen molar-refractivity contribution < 1.29 is 51.6 Å². The zero-order valence-corrected chi connectivity index (χ0v) is 24.9. The van der Waals surface area contributed by atoms with Crippen molar-refractivity contribution in [3.8, 4) is 0 Å². The maximum absolute atomic E-state index is 13.3. The van der Waals surface area contributed by atoms with E-state index in [9.17, 15) is 28.8 Å². The van der Waals surface area contributed by atoms with Crippen molar-refractivity contribution in [3.05, 3.63) is 41.7 Å². The van der Waals surface area contributed by atoms with E-state index in [-0.39, 0.29) is 40.5 Å². The van der Waals surface area contributed by atoms with E-state index in [1.165, 1.54) is 44.9 Å². The lowest BCUT2D eigenvalue weighted by atomic mass is 10.1. The Hall–Kier alpha value is -3.66. The summed E-state index contributed by atoms with van der Waals surface area (Å²) in [5.74, 6) is 0.264. The summed E-state index contributed by atoms with van der Waals surface area (Å²) in [6, 6.07) is -0.846. The summed E-state index contributed by atoms with van der Waals surface area (Å²) in [5.41, 5.74) is 5.98. The normalized spacial score (nSPS) is 35.7. The van der Waals surface area contributed by atoms with Gasteiger partial charge in [-0.25, -0.2) is 34.0 Å². The minimum absolute atomic E-state index is 0.0352. The molecule has 46 heavy (non-hydrogen) atoms. The number of phosphoric acid groups is 2. The summed E-state index contributed by atoms with van der Waals surface area (Å²) in [6.45, 7) is -1.50. The number of hydrogen-bond donors (Lipinski definition) is 5. The lowest BCUT2D eigenvalue weighted by Gasteiger charge is -2.27. The van der Waals surface area contributed by atoms with Crippen LogP contribution in [0.3, 0.4) is 0 Å². The number of anilines is 1. The number of nitrogens with zero attached hydrogens (tertiary/aromatic N) is 8. The molecule has 2 bridgehead atoms. The molecule has 3 unspecified atom stereocenters. The second kappa shape index (κ2) is 10.7. The van der Waals surface area contributed by atoms with E-state index >= 15 is 0 Å². The Morgan fingerprint density at radius 2 is 1.63 bits per heavy atom. The number of aromatic amines is 1. The molecule has 5 aromatic heterocycles. The lowest BCUT2D eigenvalue weighted by Crippen LogP contribution is -2.35. The first-order valence-corrected chi connectivity index (χ1v) is 16.6. The van der Waals surface area contributed by atoms with E-state index < -0.39 is 77.2 Å². The predicted octanol–water partition coefficient (Wildman–Crippen LogP) is -0.989. The third-order valence-corrected chi connectivity index (χ3v) is 9.92. The maximum Gasteiger partial charge on any atom is 0.472 e. The number of nitrogen functional groups attached to an aromatic ring is 1. The van der Waals surface area contributed by atoms with Crippen LogP contribution in [0.15, 0.2) is 36.2 Å². The van der Waals surface area contributed by atoms with Gasteiger partial charge in [0.1, 0.15) is 42.4 Å². The number of nitrogens with two attached hydrogens (primary N) is 1. The fourth-order valence-electron chi connectivity index (χ4n) is 5.86. The molecular formula is C22H24N10O12P2. The highest BCUT2D eigenvalue weighted by atomic mass is 31.2. The van der Waals surface area contributed by atoms with Crippen LogP contribution in [0.1, 0.15) is 12.3 Å². The zero-order valence-electron chi connectivity index (χ0n) is 23.1. The van der Waals surface area contributed by atoms with E-state index in [1.807, 2.05) is 0 Å². The van der Waals surface area contributed by atoms with Gasteiger partial charge < -0.3 is 34.7 Å². The van der Waals surface area contributed by atoms with Gasteiger partial charge in [-0.2, -0.15) is 0 Å². The first-order valence-electron chi connectivity index (χ1n) is 13.6. The van der Waals surface area contributed by atoms with Gasteiger partial charge in [0.2, 0.25) is 5.78 Å². The Kier molecular flexibility index (Phi) is 6.91. The molecule has 8 rings (SSSR count). The van der Waals surface area contributed by atoms with Crippen LogP contribution in [-0.2, 0) is 36.7 Å². The SMILES string of the molecule is Nc1ncnc2c1ncn2C1CO[C@@H]2COP(=O)(O)O[C@@H]3[C@H](O)[C@@H](COP(=O)(O)O[C@@H]12)O[C@H]3n1cnc2c(=O)[nH]c3nccn3c21. The molecule has 0 amide bonds. The van der Waals surface area contributed by atoms with Crippen LogP contribution < -0.4 is 11.3 Å². The Labute approximate surface area is 254 Å². The smallest absolute Gasteiger partial charge is 0.387 e. The number of imidazole rings is 3. The molecule has 0 aromatic carbocycles. The number of aliphatic hydroxyl groups excluding tert-OH is 1. The number of fused-ring (bicyclic) bond motifs is 7. The number of rotatable bonds is 2. The van der Waals surface area contributed by atoms with E-state index in [0.29, 0.717) is 0 Å². The van der Waals surface area contributed by atoms with E-state index in [4.69, 9.17) is 33.3 Å². The minimum Gasteiger partial charge on any atom is -0.387 e. The Morgan fingerprint density at radius 3 is 2.43 bits per heavy atom. The van der Waals surface area contributed by atoms with Crippen LogP contribution in [0.4, 0.5) is 5.82 Å². The monoisotopic (exact) mass is 682 g/mol. The topological polar surface area (TPSA) is 288 Å². The molecule has 0 aliphatic carbocycles. The standard InChI is InChI=1S/C22H24N10O12P2/c23-17-12-18(26-6-25-17)31(7-27-12)9-3-39-11-5-41-46(37,38)44-16-14(33)10(4-40-45(35,36)43-15(9)11)42-21(16)32-8-28-13-19(34)29-22-24-1-2-30(22)20(13)32/h1-2,6-11,14-16,21,33H,3-5H2,(H,35,36)(H,37,38)(H2,23,25,26)(H,24,29,34)/t9?,10-,11-,14-,15+,16-,21-/m1/s1. The van der Waals surface area contributed by atoms with Gasteiger partial charge in [-0.05, 0) is 0 Å². The second-order valence-electron chi connectivity index (χ2n) is 10.6. The molecule has 3 aliphatic heterocycles. The summed E-state index contributed by atoms with van der Waals surface area (Å²) in [7, 11) is -9.95. The first kappa shape index (κ1) is 29.7. The van der Waals surface area contributed by atoms with Crippen LogP contribution in [0.25, 0.3) is 28.1 Å². The molecule has 0 saturated carbocycles. The fourth-order valence-corrected chi connectivity index (χ4v) is 7.77. The highest BCUT2D eigenvalue weighted by Crippen LogP contribution is 2.53. The van der Waals surface area contributed by atoms with E-state index in [1.54, 1.807) is 0 Å². The molecule has 9 atom stereocenters. The molecule has 22 nitrogen and oxygen atoms in total. The molecule has 3 aliphatic rings. The van der Waals surface area contributed by atoms with Gasteiger partial charge in [0.15, 0.2) is 28.9 Å². The summed E-state index contributed by atoms with van der Waals surface area (Å²) < 4.78 is 64.1. The molecule has 244 valence electrons. The lowest BCUT2D eigenvalue weighted by molar-refractivity contribution is -0.0608. The quantitative estimate of drug-likeness (QED) is 0.140. The summed E-state index contributed by atoms with van der Waals surface area (Å²) in [5, 5.41) is 11.2. The van der Waals surface area contributed by atoms with Crippen molar-refractivity contribution in [1.82, 2.24) is 43.4 Å². The molecule has 5 aromatic rings. The molecule has 3 fully saturated rings. The molecule has 8 heterocycles. The van der Waals surface area contributed by atoms with Crippen molar-refractivity contribution >= 4 is 49.6 Å². The number of nitrogens with one attached hydrogen (secondary N) is 1.